The molecule has 1 aliphatic heterocycles. The lowest BCUT2D eigenvalue weighted by Gasteiger charge is -2.11. The van der Waals surface area contributed by atoms with Crippen LogP contribution in [-0.2, 0) is 4.79 Å². The van der Waals surface area contributed by atoms with Gasteiger partial charge in [0, 0.05) is 12.7 Å². The van der Waals surface area contributed by atoms with Crippen molar-refractivity contribution in [2.75, 3.05) is 11.9 Å². The number of anilines is 1. The zero-order chi connectivity index (χ0) is 11.2. The first-order valence-corrected chi connectivity index (χ1v) is 5.12. The Hall–Kier alpha value is -1.35. The predicted octanol–water partition coefficient (Wildman–Crippen LogP) is 1.82. The molecule has 15 heavy (non-hydrogen) atoms. The lowest BCUT2D eigenvalue weighted by atomic mass is 9.99. The summed E-state index contributed by atoms with van der Waals surface area (Å²) >= 11 is 0. The highest BCUT2D eigenvalue weighted by atomic mass is 16.3. The summed E-state index contributed by atoms with van der Waals surface area (Å²) < 4.78 is 0. The minimum Gasteiger partial charge on any atom is -0.389 e. The largest absolute Gasteiger partial charge is 0.389 e. The van der Waals surface area contributed by atoms with Gasteiger partial charge in [0.25, 0.3) is 0 Å². The zero-order valence-corrected chi connectivity index (χ0v) is 9.19. The first-order valence-electron chi connectivity index (χ1n) is 5.12. The summed E-state index contributed by atoms with van der Waals surface area (Å²) in [5.41, 5.74) is 2.83. The second kappa shape index (κ2) is 3.35. The number of nitrogens with zero attached hydrogens (tertiary/aromatic N) is 1. The Morgan fingerprint density at radius 3 is 2.73 bits per heavy atom. The van der Waals surface area contributed by atoms with Gasteiger partial charge >= 0.3 is 0 Å². The van der Waals surface area contributed by atoms with E-state index in [1.54, 1.807) is 18.9 Å². The molecule has 1 aliphatic rings. The lowest BCUT2D eigenvalue weighted by molar-refractivity contribution is -0.118. The number of hydrogen-bond donors (Lipinski definition) is 1. The number of fused-ring (bicyclic) bond motifs is 1. The van der Waals surface area contributed by atoms with Crippen LogP contribution < -0.4 is 4.90 Å². The van der Waals surface area contributed by atoms with Gasteiger partial charge in [0.1, 0.15) is 0 Å². The van der Waals surface area contributed by atoms with Gasteiger partial charge in [-0.05, 0) is 31.0 Å². The van der Waals surface area contributed by atoms with Crippen molar-refractivity contribution in [2.24, 2.45) is 0 Å². The number of rotatable bonds is 1. The van der Waals surface area contributed by atoms with E-state index in [2.05, 4.69) is 0 Å². The van der Waals surface area contributed by atoms with E-state index in [1.807, 2.05) is 25.1 Å². The lowest BCUT2D eigenvalue weighted by Crippen LogP contribution is -2.22. The third-order valence-electron chi connectivity index (χ3n) is 3.06. The molecule has 1 aromatic carbocycles. The Balaban J connectivity index is 2.51. The molecule has 80 valence electrons. The Morgan fingerprint density at radius 2 is 2.13 bits per heavy atom. The molecule has 0 fully saturated rings. The van der Waals surface area contributed by atoms with Gasteiger partial charge in [0.15, 0.2) is 0 Å². The van der Waals surface area contributed by atoms with Gasteiger partial charge in [-0.1, -0.05) is 12.1 Å². The smallest absolute Gasteiger partial charge is 0.234 e. The predicted molar refractivity (Wildman–Crippen MR) is 58.9 cm³/mol. The van der Waals surface area contributed by atoms with Crippen LogP contribution in [0.5, 0.6) is 0 Å². The number of carbonyl (C=O) groups is 1. The first kappa shape index (κ1) is 10.2. The van der Waals surface area contributed by atoms with Gasteiger partial charge in [-0.2, -0.15) is 0 Å². The van der Waals surface area contributed by atoms with E-state index in [0.29, 0.717) is 0 Å². The molecule has 2 rings (SSSR count). The molecule has 0 saturated carbocycles. The van der Waals surface area contributed by atoms with E-state index < -0.39 is 6.10 Å². The van der Waals surface area contributed by atoms with Gasteiger partial charge in [-0.25, -0.2) is 0 Å². The summed E-state index contributed by atoms with van der Waals surface area (Å²) in [7, 11) is 1.78. The topological polar surface area (TPSA) is 40.5 Å². The van der Waals surface area contributed by atoms with Crippen LogP contribution in [0.4, 0.5) is 5.69 Å². The molecule has 3 nitrogen and oxygen atoms in total. The number of carbonyl (C=O) groups excluding carboxylic acids is 1. The number of hydrogen-bond acceptors (Lipinski definition) is 2. The van der Waals surface area contributed by atoms with Crippen LogP contribution in [0, 0.1) is 0 Å². The average molecular weight is 205 g/mol. The highest BCUT2D eigenvalue weighted by Gasteiger charge is 2.31. The van der Waals surface area contributed by atoms with Crippen LogP contribution in [0.15, 0.2) is 18.2 Å². The van der Waals surface area contributed by atoms with E-state index in [1.165, 1.54) is 0 Å². The molecule has 1 heterocycles. The Labute approximate surface area is 89.3 Å². The summed E-state index contributed by atoms with van der Waals surface area (Å²) in [6.45, 7) is 3.63. The molecule has 2 atom stereocenters. The summed E-state index contributed by atoms with van der Waals surface area (Å²) in [6.07, 6.45) is -0.483. The number of benzene rings is 1. The molecule has 2 unspecified atom stereocenters. The average Bonchev–Trinajstić information content (AvgIpc) is 2.44. The number of likely N-dealkylation sites (N-methyl/N-ethyl adjacent to an activating group) is 1. The fourth-order valence-electron chi connectivity index (χ4n) is 2.03. The van der Waals surface area contributed by atoms with Crippen molar-refractivity contribution in [1.82, 2.24) is 0 Å². The van der Waals surface area contributed by atoms with Crippen molar-refractivity contribution in [3.8, 4) is 0 Å². The fraction of sp³-hybridized carbons (Fsp3) is 0.417. The van der Waals surface area contributed by atoms with Gasteiger partial charge in [0.2, 0.25) is 5.91 Å². The van der Waals surface area contributed by atoms with Crippen molar-refractivity contribution < 1.29 is 9.90 Å². The number of amides is 1. The van der Waals surface area contributed by atoms with Gasteiger partial charge in [-0.15, -0.1) is 0 Å². The summed E-state index contributed by atoms with van der Waals surface area (Å²) in [5, 5.41) is 9.47. The van der Waals surface area contributed by atoms with Crippen molar-refractivity contribution in [2.45, 2.75) is 25.9 Å². The molecule has 0 aromatic heterocycles. The van der Waals surface area contributed by atoms with Crippen LogP contribution in [0.25, 0.3) is 0 Å². The van der Waals surface area contributed by atoms with Crippen LogP contribution in [0.3, 0.4) is 0 Å². The Morgan fingerprint density at radius 1 is 1.47 bits per heavy atom. The van der Waals surface area contributed by atoms with Crippen molar-refractivity contribution >= 4 is 11.6 Å². The molecule has 1 amide bonds. The highest BCUT2D eigenvalue weighted by molar-refractivity contribution is 6.04. The van der Waals surface area contributed by atoms with E-state index >= 15 is 0 Å². The second-order valence-corrected chi connectivity index (χ2v) is 4.11. The maximum Gasteiger partial charge on any atom is 0.234 e. The third-order valence-corrected chi connectivity index (χ3v) is 3.06. The van der Waals surface area contributed by atoms with Gasteiger partial charge in [0.05, 0.1) is 12.0 Å². The highest BCUT2D eigenvalue weighted by Crippen LogP contribution is 2.37. The fourth-order valence-corrected chi connectivity index (χ4v) is 2.03. The van der Waals surface area contributed by atoms with Crippen LogP contribution in [0.1, 0.15) is 37.0 Å². The normalized spacial score (nSPS) is 21.7. The Kier molecular flexibility index (Phi) is 2.27. The van der Waals surface area contributed by atoms with Crippen molar-refractivity contribution in [1.29, 1.82) is 0 Å². The molecule has 0 aliphatic carbocycles. The van der Waals surface area contributed by atoms with Gasteiger partial charge < -0.3 is 10.0 Å². The number of aliphatic hydroxyl groups is 1. The van der Waals surface area contributed by atoms with Crippen molar-refractivity contribution in [3.05, 3.63) is 29.3 Å². The SMILES string of the molecule is CC(O)c1ccc2c(c1)C(C)C(=O)N2C. The first-order chi connectivity index (χ1) is 7.02. The van der Waals surface area contributed by atoms with Crippen molar-refractivity contribution in [3.63, 3.8) is 0 Å². The standard InChI is InChI=1S/C12H15NO2/c1-7-10-6-9(8(2)14)4-5-11(10)13(3)12(7)15/h4-8,14H,1-3H3. The minimum absolute atomic E-state index is 0.0938. The van der Waals surface area contributed by atoms with Crippen LogP contribution in [-0.4, -0.2) is 18.1 Å². The summed E-state index contributed by atoms with van der Waals surface area (Å²) in [6, 6.07) is 5.69. The molecular weight excluding hydrogens is 190 g/mol. The maximum atomic E-state index is 11.7. The summed E-state index contributed by atoms with van der Waals surface area (Å²) in [5.74, 6) is 0.0245. The monoisotopic (exact) mass is 205 g/mol. The van der Waals surface area contributed by atoms with Gasteiger partial charge in [-0.3, -0.25) is 4.79 Å². The molecule has 0 saturated heterocycles. The maximum absolute atomic E-state index is 11.7. The van der Waals surface area contributed by atoms with E-state index in [9.17, 15) is 9.90 Å². The molecule has 0 bridgehead atoms. The number of aliphatic hydroxyl groups excluding tert-OH is 1. The molecular formula is C12H15NO2. The molecule has 0 radical (unpaired) electrons. The minimum atomic E-state index is -0.483. The van der Waals surface area contributed by atoms with Crippen LogP contribution in [0.2, 0.25) is 0 Å². The Bertz CT molecular complexity index is 412. The van der Waals surface area contributed by atoms with E-state index in [0.717, 1.165) is 16.8 Å². The van der Waals surface area contributed by atoms with Crippen LogP contribution >= 0.6 is 0 Å². The quantitative estimate of drug-likeness (QED) is 0.759. The van der Waals surface area contributed by atoms with E-state index in [-0.39, 0.29) is 11.8 Å². The molecule has 1 aromatic rings. The third kappa shape index (κ3) is 1.43. The zero-order valence-electron chi connectivity index (χ0n) is 9.19. The molecule has 0 spiro atoms. The second-order valence-electron chi connectivity index (χ2n) is 4.11. The molecule has 3 heteroatoms. The summed E-state index contributed by atoms with van der Waals surface area (Å²) in [4.78, 5) is 13.4. The van der Waals surface area contributed by atoms with E-state index in [4.69, 9.17) is 0 Å². The molecule has 1 N–H and O–H groups in total.